The van der Waals surface area contributed by atoms with Crippen molar-refractivity contribution in [1.29, 1.82) is 0 Å². The van der Waals surface area contributed by atoms with Crippen molar-refractivity contribution < 1.29 is 0 Å². The lowest BCUT2D eigenvalue weighted by Crippen LogP contribution is -2.38. The summed E-state index contributed by atoms with van der Waals surface area (Å²) in [5.41, 5.74) is 5.87. The van der Waals surface area contributed by atoms with E-state index in [1.165, 1.54) is 45.4 Å². The highest BCUT2D eigenvalue weighted by Crippen LogP contribution is 2.15. The maximum atomic E-state index is 5.87. The Labute approximate surface area is 92.8 Å². The first-order chi connectivity index (χ1) is 6.34. The molecule has 0 aromatic heterocycles. The average molecular weight is 220 g/mol. The van der Waals surface area contributed by atoms with Gasteiger partial charge in [0.2, 0.25) is 0 Å². The van der Waals surface area contributed by atoms with E-state index >= 15 is 0 Å². The fraction of sp³-hybridized carbons (Fsp3) is 1.00. The Morgan fingerprint density at radius 3 is 2.79 bits per heavy atom. The molecule has 2 rings (SSSR count). The molecule has 3 N–H and O–H groups in total. The molecule has 0 aliphatic carbocycles. The van der Waals surface area contributed by atoms with Gasteiger partial charge in [-0.15, -0.1) is 12.4 Å². The summed E-state index contributed by atoms with van der Waals surface area (Å²) >= 11 is 0. The lowest BCUT2D eigenvalue weighted by molar-refractivity contribution is 0.242. The van der Waals surface area contributed by atoms with E-state index in [2.05, 4.69) is 10.2 Å². The summed E-state index contributed by atoms with van der Waals surface area (Å²) in [6, 6.07) is 0.441. The second-order valence-electron chi connectivity index (χ2n) is 4.52. The number of hydrogen-bond donors (Lipinski definition) is 2. The number of nitrogens with two attached hydrogens (primary N) is 1. The predicted molar refractivity (Wildman–Crippen MR) is 61.9 cm³/mol. The minimum absolute atomic E-state index is 0. The van der Waals surface area contributed by atoms with Crippen molar-refractivity contribution in [2.45, 2.75) is 25.3 Å². The van der Waals surface area contributed by atoms with Crippen molar-refractivity contribution in [2.75, 3.05) is 32.7 Å². The van der Waals surface area contributed by atoms with Gasteiger partial charge in [0.25, 0.3) is 0 Å². The van der Waals surface area contributed by atoms with Gasteiger partial charge in [0.05, 0.1) is 0 Å². The fourth-order valence-corrected chi connectivity index (χ4v) is 2.47. The monoisotopic (exact) mass is 219 g/mol. The molecule has 1 unspecified atom stereocenters. The molecule has 14 heavy (non-hydrogen) atoms. The molecule has 4 heteroatoms. The standard InChI is InChI=1S/C10H21N3.ClH/c11-10-3-5-13(8-10)7-9-2-1-4-12-6-9;/h9-10,12H,1-8,11H2;1H/t9?,10-;/m1./s1. The zero-order valence-electron chi connectivity index (χ0n) is 8.74. The molecule has 0 saturated carbocycles. The summed E-state index contributed by atoms with van der Waals surface area (Å²) in [5, 5.41) is 3.46. The summed E-state index contributed by atoms with van der Waals surface area (Å²) in [6.07, 6.45) is 3.95. The van der Waals surface area contributed by atoms with Gasteiger partial charge < -0.3 is 16.0 Å². The number of rotatable bonds is 2. The van der Waals surface area contributed by atoms with Crippen LogP contribution in [0.4, 0.5) is 0 Å². The van der Waals surface area contributed by atoms with E-state index in [4.69, 9.17) is 5.73 Å². The molecule has 2 heterocycles. The molecule has 2 aliphatic rings. The van der Waals surface area contributed by atoms with Gasteiger partial charge in [-0.2, -0.15) is 0 Å². The van der Waals surface area contributed by atoms with E-state index in [0.717, 1.165) is 12.5 Å². The Kier molecular flexibility index (Phi) is 5.17. The molecule has 0 radical (unpaired) electrons. The molecule has 2 fully saturated rings. The molecule has 0 bridgehead atoms. The summed E-state index contributed by atoms with van der Waals surface area (Å²) in [6.45, 7) is 6.04. The van der Waals surface area contributed by atoms with Gasteiger partial charge in [-0.1, -0.05) is 0 Å². The Morgan fingerprint density at radius 2 is 2.21 bits per heavy atom. The molecule has 0 aromatic carbocycles. The van der Waals surface area contributed by atoms with Crippen molar-refractivity contribution in [1.82, 2.24) is 10.2 Å². The van der Waals surface area contributed by atoms with E-state index in [9.17, 15) is 0 Å². The number of halogens is 1. The van der Waals surface area contributed by atoms with Gasteiger partial charge in [0.1, 0.15) is 0 Å². The lowest BCUT2D eigenvalue weighted by Gasteiger charge is -2.27. The van der Waals surface area contributed by atoms with Gasteiger partial charge in [-0.25, -0.2) is 0 Å². The average Bonchev–Trinajstić information content (AvgIpc) is 2.53. The highest BCUT2D eigenvalue weighted by atomic mass is 35.5. The van der Waals surface area contributed by atoms with Crippen LogP contribution in [0.3, 0.4) is 0 Å². The van der Waals surface area contributed by atoms with Crippen LogP contribution in [0.2, 0.25) is 0 Å². The van der Waals surface area contributed by atoms with Crippen LogP contribution in [-0.2, 0) is 0 Å². The van der Waals surface area contributed by atoms with Crippen molar-refractivity contribution in [3.63, 3.8) is 0 Å². The molecule has 84 valence electrons. The summed E-state index contributed by atoms with van der Waals surface area (Å²) in [4.78, 5) is 2.53. The van der Waals surface area contributed by atoms with Crippen LogP contribution < -0.4 is 11.1 Å². The summed E-state index contributed by atoms with van der Waals surface area (Å²) < 4.78 is 0. The van der Waals surface area contributed by atoms with E-state index in [1.807, 2.05) is 0 Å². The van der Waals surface area contributed by atoms with Gasteiger partial charge in [-0.3, -0.25) is 0 Å². The van der Waals surface area contributed by atoms with Crippen LogP contribution in [0.1, 0.15) is 19.3 Å². The van der Waals surface area contributed by atoms with E-state index in [0.29, 0.717) is 6.04 Å². The number of likely N-dealkylation sites (tertiary alicyclic amines) is 1. The van der Waals surface area contributed by atoms with Crippen LogP contribution in [0.15, 0.2) is 0 Å². The Bertz CT molecular complexity index is 157. The minimum Gasteiger partial charge on any atom is -0.326 e. The van der Waals surface area contributed by atoms with Crippen LogP contribution in [-0.4, -0.2) is 43.7 Å². The van der Waals surface area contributed by atoms with E-state index < -0.39 is 0 Å². The molecular formula is C10H22ClN3. The van der Waals surface area contributed by atoms with Crippen molar-refractivity contribution in [3.05, 3.63) is 0 Å². The third-order valence-corrected chi connectivity index (χ3v) is 3.22. The third kappa shape index (κ3) is 3.39. The molecule has 2 aliphatic heterocycles. The lowest BCUT2D eigenvalue weighted by atomic mass is 9.99. The quantitative estimate of drug-likeness (QED) is 0.709. The SMILES string of the molecule is Cl.N[C@@H]1CCN(CC2CCCNC2)C1. The first kappa shape index (κ1) is 12.2. The molecule has 0 amide bonds. The molecular weight excluding hydrogens is 198 g/mol. The zero-order valence-corrected chi connectivity index (χ0v) is 9.56. The number of nitrogens with one attached hydrogen (secondary N) is 1. The van der Waals surface area contributed by atoms with Gasteiger partial charge in [0, 0.05) is 19.1 Å². The van der Waals surface area contributed by atoms with Crippen LogP contribution in [0, 0.1) is 5.92 Å². The van der Waals surface area contributed by atoms with E-state index in [-0.39, 0.29) is 12.4 Å². The number of piperidine rings is 1. The highest BCUT2D eigenvalue weighted by Gasteiger charge is 2.22. The third-order valence-electron chi connectivity index (χ3n) is 3.22. The van der Waals surface area contributed by atoms with Crippen molar-refractivity contribution >= 4 is 12.4 Å². The second kappa shape index (κ2) is 5.91. The Balaban J connectivity index is 0.000000980. The molecule has 0 aromatic rings. The van der Waals surface area contributed by atoms with Gasteiger partial charge in [0.15, 0.2) is 0 Å². The maximum Gasteiger partial charge on any atom is 0.0180 e. The molecule has 3 nitrogen and oxygen atoms in total. The second-order valence-corrected chi connectivity index (χ2v) is 4.52. The zero-order chi connectivity index (χ0) is 9.10. The Morgan fingerprint density at radius 1 is 1.36 bits per heavy atom. The van der Waals surface area contributed by atoms with Crippen molar-refractivity contribution in [3.8, 4) is 0 Å². The maximum absolute atomic E-state index is 5.87. The van der Waals surface area contributed by atoms with Crippen LogP contribution in [0.25, 0.3) is 0 Å². The normalized spacial score (nSPS) is 34.1. The van der Waals surface area contributed by atoms with Crippen LogP contribution >= 0.6 is 12.4 Å². The van der Waals surface area contributed by atoms with Crippen LogP contribution in [0.5, 0.6) is 0 Å². The summed E-state index contributed by atoms with van der Waals surface area (Å²) in [5.74, 6) is 0.874. The highest BCUT2D eigenvalue weighted by molar-refractivity contribution is 5.85. The van der Waals surface area contributed by atoms with Gasteiger partial charge in [-0.05, 0) is 44.8 Å². The van der Waals surface area contributed by atoms with E-state index in [1.54, 1.807) is 0 Å². The first-order valence-corrected chi connectivity index (χ1v) is 5.53. The van der Waals surface area contributed by atoms with Gasteiger partial charge >= 0.3 is 0 Å². The molecule has 0 spiro atoms. The first-order valence-electron chi connectivity index (χ1n) is 5.53. The fourth-order valence-electron chi connectivity index (χ4n) is 2.47. The van der Waals surface area contributed by atoms with Crippen molar-refractivity contribution in [2.24, 2.45) is 11.7 Å². The Hall–Kier alpha value is 0.170. The topological polar surface area (TPSA) is 41.3 Å². The smallest absolute Gasteiger partial charge is 0.0180 e. The summed E-state index contributed by atoms with van der Waals surface area (Å²) in [7, 11) is 0. The minimum atomic E-state index is 0. The predicted octanol–water partition coefficient (Wildman–Crippen LogP) is 0.441. The molecule has 2 saturated heterocycles. The molecule has 2 atom stereocenters. The number of hydrogen-bond acceptors (Lipinski definition) is 3. The largest absolute Gasteiger partial charge is 0.326 e. The number of nitrogens with zero attached hydrogens (tertiary/aromatic N) is 1.